The minimum absolute atomic E-state index is 0.0462. The maximum absolute atomic E-state index is 12.9. The molecule has 2 fully saturated rings. The number of hydrogen-bond acceptors (Lipinski definition) is 4. The Hall–Kier alpha value is -2.78. The number of hydrazine groups is 1. The molecule has 6 heteroatoms. The van der Waals surface area contributed by atoms with E-state index in [0.717, 1.165) is 24.9 Å². The Kier molecular flexibility index (Phi) is 3.71. The van der Waals surface area contributed by atoms with Gasteiger partial charge in [0.15, 0.2) is 0 Å². The number of rotatable bonds is 1. The van der Waals surface area contributed by atoms with Crippen molar-refractivity contribution in [1.29, 1.82) is 0 Å². The smallest absolute Gasteiger partial charge is 0.247 e. The third-order valence-electron chi connectivity index (χ3n) is 4.27. The highest BCUT2D eigenvalue weighted by molar-refractivity contribution is 5.93. The van der Waals surface area contributed by atoms with Crippen LogP contribution in [0.15, 0.2) is 36.7 Å². The average molecular weight is 322 g/mol. The lowest BCUT2D eigenvalue weighted by atomic mass is 10.2. The summed E-state index contributed by atoms with van der Waals surface area (Å²) in [5.41, 5.74) is 1.36. The Labute approximate surface area is 139 Å². The van der Waals surface area contributed by atoms with Gasteiger partial charge in [0, 0.05) is 37.0 Å². The summed E-state index contributed by atoms with van der Waals surface area (Å²) in [6, 6.07) is 6.27. The Morgan fingerprint density at radius 1 is 1.08 bits per heavy atom. The van der Waals surface area contributed by atoms with Crippen molar-refractivity contribution in [2.24, 2.45) is 0 Å². The van der Waals surface area contributed by atoms with E-state index in [-0.39, 0.29) is 11.7 Å². The van der Waals surface area contributed by atoms with Crippen molar-refractivity contribution in [3.8, 4) is 11.8 Å². The van der Waals surface area contributed by atoms with Crippen LogP contribution in [0, 0.1) is 17.7 Å². The fourth-order valence-corrected chi connectivity index (χ4v) is 3.12. The van der Waals surface area contributed by atoms with Gasteiger partial charge >= 0.3 is 0 Å². The number of aromatic nitrogens is 2. The number of nitrogens with zero attached hydrogens (tertiary/aromatic N) is 4. The second kappa shape index (κ2) is 6.02. The summed E-state index contributed by atoms with van der Waals surface area (Å²) in [4.78, 5) is 20.7. The van der Waals surface area contributed by atoms with Crippen LogP contribution in [0.2, 0.25) is 0 Å². The van der Waals surface area contributed by atoms with Gasteiger partial charge in [-0.3, -0.25) is 4.79 Å². The van der Waals surface area contributed by atoms with Gasteiger partial charge < -0.3 is 0 Å². The summed E-state index contributed by atoms with van der Waals surface area (Å²) in [7, 11) is 0. The molecule has 0 bridgehead atoms. The molecule has 3 heterocycles. The van der Waals surface area contributed by atoms with E-state index in [2.05, 4.69) is 26.8 Å². The molecule has 1 atom stereocenters. The number of amides is 1. The molecule has 2 aliphatic rings. The summed E-state index contributed by atoms with van der Waals surface area (Å²) >= 11 is 0. The van der Waals surface area contributed by atoms with Crippen LogP contribution in [0.3, 0.4) is 0 Å². The Morgan fingerprint density at radius 2 is 1.79 bits per heavy atom. The maximum Gasteiger partial charge on any atom is 0.247 e. The van der Waals surface area contributed by atoms with Crippen LogP contribution in [-0.2, 0) is 4.79 Å². The van der Waals surface area contributed by atoms with Crippen molar-refractivity contribution in [2.75, 3.05) is 11.6 Å². The highest BCUT2D eigenvalue weighted by Gasteiger charge is 2.42. The number of halogens is 1. The molecule has 0 saturated carbocycles. The molecule has 4 rings (SSSR count). The summed E-state index contributed by atoms with van der Waals surface area (Å²) in [6.45, 7) is 0.867. The lowest BCUT2D eigenvalue weighted by molar-refractivity contribution is -0.118. The van der Waals surface area contributed by atoms with E-state index in [4.69, 9.17) is 0 Å². The molecule has 1 unspecified atom stereocenters. The predicted octanol–water partition coefficient (Wildman–Crippen LogP) is 2.13. The van der Waals surface area contributed by atoms with Gasteiger partial charge in [-0.2, -0.15) is 0 Å². The molecule has 24 heavy (non-hydrogen) atoms. The average Bonchev–Trinajstić information content (AvgIpc) is 3.15. The molecule has 5 nitrogen and oxygen atoms in total. The highest BCUT2D eigenvalue weighted by atomic mass is 19.1. The minimum Gasteiger partial charge on any atom is -0.273 e. The Bertz CT molecular complexity index is 823. The second-order valence-electron chi connectivity index (χ2n) is 5.90. The quantitative estimate of drug-likeness (QED) is 0.755. The zero-order valence-electron chi connectivity index (χ0n) is 12.9. The molecule has 0 spiro atoms. The molecule has 1 aromatic heterocycles. The maximum atomic E-state index is 12.9. The van der Waals surface area contributed by atoms with Crippen LogP contribution in [0.1, 0.15) is 30.4 Å². The largest absolute Gasteiger partial charge is 0.273 e. The molecular formula is C18H15FN4O. The number of carbonyl (C=O) groups excluding carboxylic acids is 1. The van der Waals surface area contributed by atoms with Crippen molar-refractivity contribution in [1.82, 2.24) is 15.0 Å². The van der Waals surface area contributed by atoms with E-state index in [0.29, 0.717) is 24.0 Å². The van der Waals surface area contributed by atoms with E-state index in [1.807, 2.05) is 0 Å². The molecule has 0 N–H and O–H groups in total. The summed E-state index contributed by atoms with van der Waals surface area (Å²) < 4.78 is 12.9. The second-order valence-corrected chi connectivity index (χ2v) is 5.90. The topological polar surface area (TPSA) is 49.3 Å². The molecule has 0 aliphatic carbocycles. The fraction of sp³-hybridized carbons (Fsp3) is 0.278. The lowest BCUT2D eigenvalue weighted by Gasteiger charge is -2.24. The van der Waals surface area contributed by atoms with E-state index in [9.17, 15) is 9.18 Å². The number of hydrogen-bond donors (Lipinski definition) is 0. The SMILES string of the molecule is O=C1CC2CCCN2N1c1ncc(C#Cc2ccc(F)cc2)cn1. The lowest BCUT2D eigenvalue weighted by Crippen LogP contribution is -2.40. The van der Waals surface area contributed by atoms with Gasteiger partial charge in [0.25, 0.3) is 0 Å². The first-order valence-electron chi connectivity index (χ1n) is 7.90. The molecule has 2 aromatic rings. The van der Waals surface area contributed by atoms with Gasteiger partial charge in [0.1, 0.15) is 5.82 Å². The number of benzene rings is 1. The van der Waals surface area contributed by atoms with Crippen LogP contribution < -0.4 is 5.01 Å². The van der Waals surface area contributed by atoms with Crippen molar-refractivity contribution >= 4 is 11.9 Å². The van der Waals surface area contributed by atoms with E-state index in [1.54, 1.807) is 29.5 Å². The van der Waals surface area contributed by atoms with E-state index < -0.39 is 0 Å². The third-order valence-corrected chi connectivity index (χ3v) is 4.27. The van der Waals surface area contributed by atoms with Crippen LogP contribution in [0.4, 0.5) is 10.3 Å². The van der Waals surface area contributed by atoms with Gasteiger partial charge in [-0.15, -0.1) is 0 Å². The predicted molar refractivity (Wildman–Crippen MR) is 86.2 cm³/mol. The third kappa shape index (κ3) is 2.74. The molecule has 2 saturated heterocycles. The van der Waals surface area contributed by atoms with Crippen LogP contribution in [-0.4, -0.2) is 33.5 Å². The minimum atomic E-state index is -0.288. The van der Waals surface area contributed by atoms with Crippen molar-refractivity contribution < 1.29 is 9.18 Å². The Balaban J connectivity index is 1.53. The Morgan fingerprint density at radius 3 is 2.54 bits per heavy atom. The molecule has 2 aliphatic heterocycles. The standard InChI is InChI=1S/C18H15FN4O/c19-15-7-5-13(6-8-15)3-4-14-11-20-18(21-12-14)23-17(24)10-16-2-1-9-22(16)23/h5-8,11-12,16H,1-2,9-10H2. The monoisotopic (exact) mass is 322 g/mol. The molecule has 1 aromatic carbocycles. The summed E-state index contributed by atoms with van der Waals surface area (Å²) in [5, 5.41) is 3.65. The zero-order valence-corrected chi connectivity index (χ0v) is 12.9. The van der Waals surface area contributed by atoms with E-state index >= 15 is 0 Å². The molecular weight excluding hydrogens is 307 g/mol. The fourth-order valence-electron chi connectivity index (χ4n) is 3.12. The van der Waals surface area contributed by atoms with Crippen LogP contribution in [0.25, 0.3) is 0 Å². The summed E-state index contributed by atoms with van der Waals surface area (Å²) in [5.74, 6) is 6.03. The molecule has 0 radical (unpaired) electrons. The highest BCUT2D eigenvalue weighted by Crippen LogP contribution is 2.31. The number of carbonyl (C=O) groups is 1. The zero-order chi connectivity index (χ0) is 16.5. The number of anilines is 1. The van der Waals surface area contributed by atoms with Crippen LogP contribution >= 0.6 is 0 Å². The van der Waals surface area contributed by atoms with Gasteiger partial charge in [-0.1, -0.05) is 11.8 Å². The number of fused-ring (bicyclic) bond motifs is 1. The van der Waals surface area contributed by atoms with E-state index in [1.165, 1.54) is 12.1 Å². The van der Waals surface area contributed by atoms with Crippen molar-refractivity contribution in [3.05, 3.63) is 53.6 Å². The first kappa shape index (κ1) is 14.8. The van der Waals surface area contributed by atoms with Crippen LogP contribution in [0.5, 0.6) is 0 Å². The van der Waals surface area contributed by atoms with Gasteiger partial charge in [0.2, 0.25) is 11.9 Å². The summed E-state index contributed by atoms with van der Waals surface area (Å²) in [6.07, 6.45) is 5.89. The normalized spacial score (nSPS) is 20.0. The molecule has 120 valence electrons. The van der Waals surface area contributed by atoms with Crippen molar-refractivity contribution in [3.63, 3.8) is 0 Å². The van der Waals surface area contributed by atoms with Gasteiger partial charge in [-0.05, 0) is 37.1 Å². The molecule has 1 amide bonds. The van der Waals surface area contributed by atoms with Crippen molar-refractivity contribution in [2.45, 2.75) is 25.3 Å². The van der Waals surface area contributed by atoms with Gasteiger partial charge in [-0.25, -0.2) is 24.4 Å². The first-order valence-corrected chi connectivity index (χ1v) is 7.90. The van der Waals surface area contributed by atoms with Gasteiger partial charge in [0.05, 0.1) is 5.56 Å². The first-order chi connectivity index (χ1) is 11.7.